The van der Waals surface area contributed by atoms with E-state index in [9.17, 15) is 0 Å². The van der Waals surface area contributed by atoms with Gasteiger partial charge in [-0.05, 0) is 51.5 Å². The zero-order valence-electron chi connectivity index (χ0n) is 11.4. The third kappa shape index (κ3) is 2.89. The lowest BCUT2D eigenvalue weighted by molar-refractivity contribution is 0.240. The number of aryl methyl sites for hydroxylation is 2. The molecule has 0 aliphatic heterocycles. The van der Waals surface area contributed by atoms with Crippen molar-refractivity contribution in [1.29, 1.82) is 0 Å². The Morgan fingerprint density at radius 3 is 2.71 bits per heavy atom. The average Bonchev–Trinajstić information content (AvgIpc) is 2.63. The van der Waals surface area contributed by atoms with Crippen molar-refractivity contribution in [1.82, 2.24) is 9.78 Å². The molecule has 2 rings (SSSR count). The molecule has 0 bridgehead atoms. The highest BCUT2D eigenvalue weighted by molar-refractivity contribution is 5.13. The quantitative estimate of drug-likeness (QED) is 0.875. The third-order valence-corrected chi connectivity index (χ3v) is 4.09. The lowest BCUT2D eigenvalue weighted by atomic mass is 9.75. The molecule has 1 aliphatic rings. The van der Waals surface area contributed by atoms with Crippen LogP contribution in [0.5, 0.6) is 0 Å². The van der Waals surface area contributed by atoms with Crippen molar-refractivity contribution in [2.75, 3.05) is 0 Å². The van der Waals surface area contributed by atoms with Crippen molar-refractivity contribution >= 4 is 0 Å². The number of rotatable bonds is 3. The minimum Gasteiger partial charge on any atom is -0.325 e. The Labute approximate surface area is 104 Å². The molecule has 3 nitrogen and oxygen atoms in total. The van der Waals surface area contributed by atoms with Crippen molar-refractivity contribution in [3.63, 3.8) is 0 Å². The molecular weight excluding hydrogens is 210 g/mol. The molecule has 1 heterocycles. The minimum atomic E-state index is 0.00586. The molecule has 1 fully saturated rings. The van der Waals surface area contributed by atoms with E-state index in [4.69, 9.17) is 5.73 Å². The van der Waals surface area contributed by atoms with Crippen LogP contribution >= 0.6 is 0 Å². The van der Waals surface area contributed by atoms with Gasteiger partial charge in [0.05, 0.1) is 5.69 Å². The summed E-state index contributed by atoms with van der Waals surface area (Å²) in [6, 6.07) is 2.19. The van der Waals surface area contributed by atoms with Gasteiger partial charge in [0.15, 0.2) is 0 Å². The lowest BCUT2D eigenvalue weighted by Gasteiger charge is -2.36. The van der Waals surface area contributed by atoms with Gasteiger partial charge in [0.1, 0.15) is 0 Å². The molecule has 0 unspecified atom stereocenters. The van der Waals surface area contributed by atoms with Crippen LogP contribution in [0.3, 0.4) is 0 Å². The normalized spacial score (nSPS) is 29.5. The summed E-state index contributed by atoms with van der Waals surface area (Å²) >= 11 is 0. The summed E-state index contributed by atoms with van der Waals surface area (Å²) in [7, 11) is 0. The van der Waals surface area contributed by atoms with E-state index in [1.54, 1.807) is 0 Å². The van der Waals surface area contributed by atoms with Crippen molar-refractivity contribution in [3.8, 4) is 0 Å². The lowest BCUT2D eigenvalue weighted by Crippen LogP contribution is -2.45. The number of hydrogen-bond donors (Lipinski definition) is 1. The van der Waals surface area contributed by atoms with Gasteiger partial charge in [-0.25, -0.2) is 0 Å². The highest BCUT2D eigenvalue weighted by Gasteiger charge is 2.31. The van der Waals surface area contributed by atoms with Crippen LogP contribution in [0, 0.1) is 12.8 Å². The van der Waals surface area contributed by atoms with Crippen LogP contribution in [0.2, 0.25) is 0 Å². The zero-order chi connectivity index (χ0) is 12.5. The van der Waals surface area contributed by atoms with E-state index >= 15 is 0 Å². The Hall–Kier alpha value is -0.830. The topological polar surface area (TPSA) is 43.8 Å². The summed E-state index contributed by atoms with van der Waals surface area (Å²) in [6.07, 6.45) is 5.84. The second-order valence-corrected chi connectivity index (χ2v) is 5.81. The van der Waals surface area contributed by atoms with Crippen molar-refractivity contribution in [3.05, 3.63) is 17.5 Å². The van der Waals surface area contributed by atoms with Gasteiger partial charge in [-0.2, -0.15) is 5.10 Å². The predicted octanol–water partition coefficient (Wildman–Crippen LogP) is 2.66. The van der Waals surface area contributed by atoms with Gasteiger partial charge in [0.25, 0.3) is 0 Å². The Bertz CT molecular complexity index is 373. The van der Waals surface area contributed by atoms with Gasteiger partial charge in [-0.3, -0.25) is 4.68 Å². The summed E-state index contributed by atoms with van der Waals surface area (Å²) < 4.78 is 2.10. The van der Waals surface area contributed by atoms with Crippen LogP contribution in [-0.4, -0.2) is 15.3 Å². The molecule has 0 spiro atoms. The van der Waals surface area contributed by atoms with Gasteiger partial charge in [-0.1, -0.05) is 6.92 Å². The van der Waals surface area contributed by atoms with E-state index < -0.39 is 0 Å². The standard InChI is InChI=1S/C14H25N3/c1-4-17-13(9-12(3)16-17)10-14(15)7-5-11(2)6-8-14/h9,11H,4-8,10,15H2,1-3H3. The average molecular weight is 235 g/mol. The van der Waals surface area contributed by atoms with E-state index in [0.717, 1.165) is 37.4 Å². The van der Waals surface area contributed by atoms with Crippen molar-refractivity contribution in [2.45, 2.75) is 65.0 Å². The Kier molecular flexibility index (Phi) is 3.57. The van der Waals surface area contributed by atoms with Gasteiger partial charge in [-0.15, -0.1) is 0 Å². The summed E-state index contributed by atoms with van der Waals surface area (Å²) in [5.41, 5.74) is 8.96. The highest BCUT2D eigenvalue weighted by Crippen LogP contribution is 2.32. The molecule has 2 N–H and O–H groups in total. The number of hydrogen-bond acceptors (Lipinski definition) is 2. The maximum absolute atomic E-state index is 6.55. The molecular formula is C14H25N3. The van der Waals surface area contributed by atoms with Crippen LogP contribution in [-0.2, 0) is 13.0 Å². The Morgan fingerprint density at radius 1 is 1.47 bits per heavy atom. The molecule has 1 saturated carbocycles. The van der Waals surface area contributed by atoms with E-state index in [1.165, 1.54) is 18.5 Å². The zero-order valence-corrected chi connectivity index (χ0v) is 11.4. The largest absolute Gasteiger partial charge is 0.325 e. The van der Waals surface area contributed by atoms with Crippen LogP contribution in [0.1, 0.15) is 50.9 Å². The molecule has 0 saturated heterocycles. The van der Waals surface area contributed by atoms with E-state index in [1.807, 2.05) is 0 Å². The SMILES string of the molecule is CCn1nc(C)cc1CC1(N)CCC(C)CC1. The molecule has 1 aliphatic carbocycles. The van der Waals surface area contributed by atoms with Gasteiger partial charge in [0.2, 0.25) is 0 Å². The van der Waals surface area contributed by atoms with Crippen LogP contribution in [0.4, 0.5) is 0 Å². The van der Waals surface area contributed by atoms with Gasteiger partial charge >= 0.3 is 0 Å². The first kappa shape index (κ1) is 12.6. The number of aromatic nitrogens is 2. The Balaban J connectivity index is 2.09. The van der Waals surface area contributed by atoms with Crippen LogP contribution in [0.25, 0.3) is 0 Å². The van der Waals surface area contributed by atoms with Crippen LogP contribution < -0.4 is 5.73 Å². The molecule has 1 aromatic rings. The highest BCUT2D eigenvalue weighted by atomic mass is 15.3. The summed E-state index contributed by atoms with van der Waals surface area (Å²) in [5, 5.41) is 4.50. The fraction of sp³-hybridized carbons (Fsp3) is 0.786. The molecule has 0 amide bonds. The first-order valence-corrected chi connectivity index (χ1v) is 6.84. The summed E-state index contributed by atoms with van der Waals surface area (Å²) in [4.78, 5) is 0. The smallest absolute Gasteiger partial charge is 0.0596 e. The first-order chi connectivity index (χ1) is 8.02. The predicted molar refractivity (Wildman–Crippen MR) is 70.9 cm³/mol. The third-order valence-electron chi connectivity index (χ3n) is 4.09. The minimum absolute atomic E-state index is 0.00586. The second kappa shape index (κ2) is 4.81. The maximum Gasteiger partial charge on any atom is 0.0596 e. The van der Waals surface area contributed by atoms with Gasteiger partial charge < -0.3 is 5.73 Å². The summed E-state index contributed by atoms with van der Waals surface area (Å²) in [5.74, 6) is 0.851. The fourth-order valence-corrected chi connectivity index (χ4v) is 2.89. The molecule has 0 aromatic carbocycles. The molecule has 0 radical (unpaired) electrons. The molecule has 1 aromatic heterocycles. The fourth-order valence-electron chi connectivity index (χ4n) is 2.89. The summed E-state index contributed by atoms with van der Waals surface area (Å²) in [6.45, 7) is 7.47. The van der Waals surface area contributed by atoms with E-state index in [2.05, 4.69) is 36.6 Å². The monoisotopic (exact) mass is 235 g/mol. The first-order valence-electron chi connectivity index (χ1n) is 6.84. The van der Waals surface area contributed by atoms with Crippen molar-refractivity contribution in [2.24, 2.45) is 11.7 Å². The Morgan fingerprint density at radius 2 is 2.12 bits per heavy atom. The van der Waals surface area contributed by atoms with Crippen molar-refractivity contribution < 1.29 is 0 Å². The van der Waals surface area contributed by atoms with E-state index in [-0.39, 0.29) is 5.54 Å². The molecule has 3 heteroatoms. The van der Waals surface area contributed by atoms with Crippen LogP contribution in [0.15, 0.2) is 6.07 Å². The number of nitrogens with zero attached hydrogens (tertiary/aromatic N) is 2. The number of nitrogens with two attached hydrogens (primary N) is 1. The van der Waals surface area contributed by atoms with E-state index in [0.29, 0.717) is 0 Å². The second-order valence-electron chi connectivity index (χ2n) is 5.81. The molecule has 96 valence electrons. The molecule has 0 atom stereocenters. The van der Waals surface area contributed by atoms with Gasteiger partial charge in [0, 0.05) is 24.2 Å². The maximum atomic E-state index is 6.55. The molecule has 17 heavy (non-hydrogen) atoms.